The second-order valence-electron chi connectivity index (χ2n) is 5.35. The summed E-state index contributed by atoms with van der Waals surface area (Å²) in [6.45, 7) is 11.7. The maximum Gasteiger partial charge on any atom is 0.0701 e. The molecule has 0 bridgehead atoms. The molecule has 0 aliphatic heterocycles. The molecule has 0 saturated carbocycles. The van der Waals surface area contributed by atoms with E-state index in [0.29, 0.717) is 52.9 Å². The van der Waals surface area contributed by atoms with E-state index in [1.54, 1.807) is 0 Å². The molecule has 0 spiro atoms. The maximum absolute atomic E-state index is 8.48. The van der Waals surface area contributed by atoms with Crippen LogP contribution in [0.15, 0.2) is 0 Å². The predicted octanol–water partition coefficient (Wildman–Crippen LogP) is 0.433. The third-order valence-corrected chi connectivity index (χ3v) is 2.25. The first kappa shape index (κ1) is 19.8. The van der Waals surface area contributed by atoms with Crippen LogP contribution in [0.4, 0.5) is 0 Å². The fourth-order valence-corrected chi connectivity index (χ4v) is 1.32. The van der Waals surface area contributed by atoms with Crippen molar-refractivity contribution in [2.45, 2.75) is 26.3 Å². The van der Waals surface area contributed by atoms with Crippen molar-refractivity contribution in [2.24, 2.45) is 0 Å². The Morgan fingerprint density at radius 2 is 1.10 bits per heavy atom. The van der Waals surface area contributed by atoms with Crippen molar-refractivity contribution >= 4 is 0 Å². The van der Waals surface area contributed by atoms with Gasteiger partial charge in [-0.2, -0.15) is 0 Å². The standard InChI is InChI=1S/C14H31NO5/c1-14(2,3)15-4-6-17-8-10-19-12-13-20-11-9-18-7-5-16/h15-16H,4-13H2,1-3H3. The lowest BCUT2D eigenvalue weighted by Crippen LogP contribution is -2.38. The van der Waals surface area contributed by atoms with E-state index >= 15 is 0 Å². The van der Waals surface area contributed by atoms with Crippen molar-refractivity contribution in [1.29, 1.82) is 0 Å². The van der Waals surface area contributed by atoms with Crippen molar-refractivity contribution in [2.75, 3.05) is 66.0 Å². The molecule has 0 aromatic heterocycles. The first-order valence-electron chi connectivity index (χ1n) is 7.23. The predicted molar refractivity (Wildman–Crippen MR) is 78.1 cm³/mol. The van der Waals surface area contributed by atoms with Crippen LogP contribution >= 0.6 is 0 Å². The summed E-state index contributed by atoms with van der Waals surface area (Å²) in [6, 6.07) is 0. The highest BCUT2D eigenvalue weighted by atomic mass is 16.6. The van der Waals surface area contributed by atoms with Crippen molar-refractivity contribution in [3.8, 4) is 0 Å². The molecule has 0 saturated heterocycles. The van der Waals surface area contributed by atoms with Crippen molar-refractivity contribution in [1.82, 2.24) is 5.32 Å². The van der Waals surface area contributed by atoms with Crippen LogP contribution in [-0.4, -0.2) is 76.7 Å². The number of hydrogen-bond donors (Lipinski definition) is 2. The SMILES string of the molecule is CC(C)(C)NCCOCCOCCOCCOCCO. The Balaban J connectivity index is 2.99. The molecular weight excluding hydrogens is 262 g/mol. The van der Waals surface area contributed by atoms with Crippen LogP contribution in [-0.2, 0) is 18.9 Å². The van der Waals surface area contributed by atoms with E-state index in [-0.39, 0.29) is 12.1 Å². The zero-order chi connectivity index (χ0) is 15.1. The molecule has 122 valence electrons. The van der Waals surface area contributed by atoms with Gasteiger partial charge >= 0.3 is 0 Å². The van der Waals surface area contributed by atoms with Crippen LogP contribution in [0.1, 0.15) is 20.8 Å². The smallest absolute Gasteiger partial charge is 0.0701 e. The molecule has 2 N–H and O–H groups in total. The number of aliphatic hydroxyl groups excluding tert-OH is 1. The molecule has 6 nitrogen and oxygen atoms in total. The van der Waals surface area contributed by atoms with Gasteiger partial charge < -0.3 is 29.4 Å². The molecule has 0 heterocycles. The molecule has 20 heavy (non-hydrogen) atoms. The summed E-state index contributed by atoms with van der Waals surface area (Å²) >= 11 is 0. The van der Waals surface area contributed by atoms with E-state index in [1.165, 1.54) is 0 Å². The number of hydrogen-bond acceptors (Lipinski definition) is 6. The molecule has 0 atom stereocenters. The number of aliphatic hydroxyl groups is 1. The number of rotatable bonds is 14. The normalized spacial score (nSPS) is 12.0. The minimum absolute atomic E-state index is 0.0500. The number of nitrogens with one attached hydrogen (secondary N) is 1. The van der Waals surface area contributed by atoms with Crippen molar-refractivity contribution in [3.63, 3.8) is 0 Å². The van der Waals surface area contributed by atoms with Crippen LogP contribution in [0.3, 0.4) is 0 Å². The Kier molecular flexibility index (Phi) is 13.6. The van der Waals surface area contributed by atoms with Gasteiger partial charge in [-0.3, -0.25) is 0 Å². The van der Waals surface area contributed by atoms with E-state index in [4.69, 9.17) is 24.1 Å². The lowest BCUT2D eigenvalue weighted by atomic mass is 10.1. The molecular formula is C14H31NO5. The Morgan fingerprint density at radius 1 is 0.700 bits per heavy atom. The summed E-state index contributed by atoms with van der Waals surface area (Å²) in [4.78, 5) is 0. The van der Waals surface area contributed by atoms with E-state index < -0.39 is 0 Å². The molecule has 0 rings (SSSR count). The van der Waals surface area contributed by atoms with Gasteiger partial charge in [0.15, 0.2) is 0 Å². The molecule has 0 fully saturated rings. The monoisotopic (exact) mass is 293 g/mol. The van der Waals surface area contributed by atoms with Crippen molar-refractivity contribution in [3.05, 3.63) is 0 Å². The van der Waals surface area contributed by atoms with Gasteiger partial charge in [-0.1, -0.05) is 0 Å². The van der Waals surface area contributed by atoms with Crippen LogP contribution in [0.25, 0.3) is 0 Å². The molecule has 0 aliphatic rings. The van der Waals surface area contributed by atoms with Crippen LogP contribution in [0.5, 0.6) is 0 Å². The fraction of sp³-hybridized carbons (Fsp3) is 1.00. The van der Waals surface area contributed by atoms with Gasteiger partial charge in [0, 0.05) is 12.1 Å². The zero-order valence-electron chi connectivity index (χ0n) is 13.2. The molecule has 0 amide bonds. The Bertz CT molecular complexity index is 196. The first-order chi connectivity index (χ1) is 9.56. The van der Waals surface area contributed by atoms with Gasteiger partial charge in [-0.05, 0) is 20.8 Å². The molecule has 0 aromatic carbocycles. The number of ether oxygens (including phenoxy) is 4. The Morgan fingerprint density at radius 3 is 1.50 bits per heavy atom. The van der Waals surface area contributed by atoms with Gasteiger partial charge in [-0.25, -0.2) is 0 Å². The lowest BCUT2D eigenvalue weighted by molar-refractivity contribution is -0.00543. The lowest BCUT2D eigenvalue weighted by Gasteiger charge is -2.20. The zero-order valence-corrected chi connectivity index (χ0v) is 13.2. The van der Waals surface area contributed by atoms with Crippen LogP contribution < -0.4 is 5.32 Å². The van der Waals surface area contributed by atoms with Gasteiger partial charge in [0.2, 0.25) is 0 Å². The minimum atomic E-state index is 0.0500. The van der Waals surface area contributed by atoms with Crippen LogP contribution in [0, 0.1) is 0 Å². The van der Waals surface area contributed by atoms with Gasteiger partial charge in [0.05, 0.1) is 59.5 Å². The second-order valence-corrected chi connectivity index (χ2v) is 5.35. The summed E-state index contributed by atoms with van der Waals surface area (Å²) in [6.07, 6.45) is 0. The average Bonchev–Trinajstić information content (AvgIpc) is 2.38. The van der Waals surface area contributed by atoms with E-state index in [2.05, 4.69) is 26.1 Å². The molecule has 6 heteroatoms. The third kappa shape index (κ3) is 17.8. The average molecular weight is 293 g/mol. The van der Waals surface area contributed by atoms with Gasteiger partial charge in [0.25, 0.3) is 0 Å². The summed E-state index contributed by atoms with van der Waals surface area (Å²) in [7, 11) is 0. The maximum atomic E-state index is 8.48. The molecule has 0 radical (unpaired) electrons. The Hall–Kier alpha value is -0.240. The topological polar surface area (TPSA) is 69.2 Å². The van der Waals surface area contributed by atoms with Gasteiger partial charge in [0.1, 0.15) is 0 Å². The summed E-state index contributed by atoms with van der Waals surface area (Å²) in [5.41, 5.74) is 0.137. The fourth-order valence-electron chi connectivity index (χ4n) is 1.32. The highest BCUT2D eigenvalue weighted by Gasteiger charge is 2.06. The second kappa shape index (κ2) is 13.7. The molecule has 0 aliphatic carbocycles. The molecule has 0 unspecified atom stereocenters. The van der Waals surface area contributed by atoms with Crippen LogP contribution in [0.2, 0.25) is 0 Å². The largest absolute Gasteiger partial charge is 0.394 e. The quantitative estimate of drug-likeness (QED) is 0.453. The van der Waals surface area contributed by atoms with E-state index in [0.717, 1.165) is 6.54 Å². The summed E-state index contributed by atoms with van der Waals surface area (Å²) in [5.74, 6) is 0. The van der Waals surface area contributed by atoms with E-state index in [9.17, 15) is 0 Å². The highest BCUT2D eigenvalue weighted by Crippen LogP contribution is 1.96. The minimum Gasteiger partial charge on any atom is -0.394 e. The summed E-state index contributed by atoms with van der Waals surface area (Å²) < 4.78 is 21.1. The van der Waals surface area contributed by atoms with Gasteiger partial charge in [-0.15, -0.1) is 0 Å². The summed E-state index contributed by atoms with van der Waals surface area (Å²) in [5, 5.41) is 11.8. The highest BCUT2D eigenvalue weighted by molar-refractivity contribution is 4.69. The third-order valence-electron chi connectivity index (χ3n) is 2.25. The molecule has 0 aromatic rings. The Labute approximate surface area is 122 Å². The van der Waals surface area contributed by atoms with Crippen molar-refractivity contribution < 1.29 is 24.1 Å². The first-order valence-corrected chi connectivity index (χ1v) is 7.23. The van der Waals surface area contributed by atoms with E-state index in [1.807, 2.05) is 0 Å².